The Morgan fingerprint density at radius 3 is 2.71 bits per heavy atom. The lowest BCUT2D eigenvalue weighted by Gasteiger charge is -2.38. The Balaban J connectivity index is 2.10. The van der Waals surface area contributed by atoms with Gasteiger partial charge in [0.2, 0.25) is 12.5 Å². The highest BCUT2D eigenvalue weighted by Crippen LogP contribution is 2.47. The van der Waals surface area contributed by atoms with Crippen molar-refractivity contribution >= 4 is 5.97 Å². The summed E-state index contributed by atoms with van der Waals surface area (Å²) in [7, 11) is 0. The summed E-state index contributed by atoms with van der Waals surface area (Å²) in [6.45, 7) is -0.0181. The van der Waals surface area contributed by atoms with Crippen LogP contribution in [-0.2, 0) is 10.2 Å². The topological polar surface area (TPSA) is 55.8 Å². The molecule has 1 heterocycles. The number of halogens is 1. The zero-order valence-corrected chi connectivity index (χ0v) is 9.03. The fraction of sp³-hybridized carbons (Fsp3) is 0.417. The molecular weight excluding hydrogens is 227 g/mol. The third-order valence-electron chi connectivity index (χ3n) is 3.60. The van der Waals surface area contributed by atoms with Gasteiger partial charge in [0.05, 0.1) is 5.41 Å². The molecule has 2 aliphatic rings. The maximum atomic E-state index is 13.7. The van der Waals surface area contributed by atoms with E-state index in [1.54, 1.807) is 6.07 Å². The van der Waals surface area contributed by atoms with Crippen LogP contribution in [0.15, 0.2) is 12.1 Å². The van der Waals surface area contributed by atoms with E-state index in [1.807, 2.05) is 0 Å². The average molecular weight is 238 g/mol. The molecule has 0 unspecified atom stereocenters. The Morgan fingerprint density at radius 1 is 1.35 bits per heavy atom. The lowest BCUT2D eigenvalue weighted by Crippen LogP contribution is -2.42. The molecule has 0 bridgehead atoms. The van der Waals surface area contributed by atoms with Gasteiger partial charge < -0.3 is 14.6 Å². The number of carboxylic acids is 1. The number of aliphatic carboxylic acids is 1. The van der Waals surface area contributed by atoms with Crippen molar-refractivity contribution in [2.24, 2.45) is 0 Å². The van der Waals surface area contributed by atoms with E-state index in [4.69, 9.17) is 9.47 Å². The SMILES string of the molecule is O=C(O)C1(c2cc(F)c3c(c2)OCO3)CCC1. The van der Waals surface area contributed by atoms with Crippen molar-refractivity contribution in [2.45, 2.75) is 24.7 Å². The van der Waals surface area contributed by atoms with Crippen LogP contribution in [0.3, 0.4) is 0 Å². The monoisotopic (exact) mass is 238 g/mol. The summed E-state index contributed by atoms with van der Waals surface area (Å²) in [6, 6.07) is 2.83. The highest BCUT2D eigenvalue weighted by molar-refractivity contribution is 5.83. The number of benzene rings is 1. The zero-order chi connectivity index (χ0) is 12.0. The Kier molecular flexibility index (Phi) is 2.05. The van der Waals surface area contributed by atoms with Gasteiger partial charge in [0.1, 0.15) is 0 Å². The van der Waals surface area contributed by atoms with E-state index in [1.165, 1.54) is 6.07 Å². The van der Waals surface area contributed by atoms with Crippen LogP contribution in [0, 0.1) is 5.82 Å². The van der Waals surface area contributed by atoms with Crippen LogP contribution in [0.2, 0.25) is 0 Å². The molecule has 5 heteroatoms. The number of rotatable bonds is 2. The first-order valence-electron chi connectivity index (χ1n) is 5.46. The van der Waals surface area contributed by atoms with Crippen molar-refractivity contribution in [2.75, 3.05) is 6.79 Å². The number of hydrogen-bond acceptors (Lipinski definition) is 3. The molecule has 90 valence electrons. The van der Waals surface area contributed by atoms with Crippen molar-refractivity contribution < 1.29 is 23.8 Å². The molecule has 17 heavy (non-hydrogen) atoms. The summed E-state index contributed by atoms with van der Waals surface area (Å²) < 4.78 is 23.8. The Labute approximate surface area is 97.0 Å². The predicted octanol–water partition coefficient (Wildman–Crippen LogP) is 2.06. The summed E-state index contributed by atoms with van der Waals surface area (Å²) >= 11 is 0. The molecule has 0 saturated heterocycles. The molecule has 3 rings (SSSR count). The Bertz CT molecular complexity index is 494. The fourth-order valence-corrected chi connectivity index (χ4v) is 2.40. The minimum Gasteiger partial charge on any atom is -0.481 e. The Morgan fingerprint density at radius 2 is 2.12 bits per heavy atom. The van der Waals surface area contributed by atoms with E-state index in [0.717, 1.165) is 6.42 Å². The van der Waals surface area contributed by atoms with Gasteiger partial charge in [0.25, 0.3) is 0 Å². The molecule has 0 aromatic heterocycles. The number of fused-ring (bicyclic) bond motifs is 1. The molecule has 1 aliphatic heterocycles. The molecule has 0 spiro atoms. The summed E-state index contributed by atoms with van der Waals surface area (Å²) in [4.78, 5) is 11.3. The van der Waals surface area contributed by atoms with Gasteiger partial charge in [0.15, 0.2) is 11.6 Å². The first kappa shape index (κ1) is 10.4. The number of hydrogen-bond donors (Lipinski definition) is 1. The van der Waals surface area contributed by atoms with E-state index < -0.39 is 17.2 Å². The Hall–Kier alpha value is -1.78. The van der Waals surface area contributed by atoms with Gasteiger partial charge >= 0.3 is 5.97 Å². The summed E-state index contributed by atoms with van der Waals surface area (Å²) in [5.41, 5.74) is -0.472. The fourth-order valence-electron chi connectivity index (χ4n) is 2.40. The standard InChI is InChI=1S/C12H11FO4/c13-8-4-7(5-9-10(8)17-6-16-9)12(11(14)15)2-1-3-12/h4-5H,1-3,6H2,(H,14,15). The van der Waals surface area contributed by atoms with Crippen molar-refractivity contribution in [1.29, 1.82) is 0 Å². The predicted molar refractivity (Wildman–Crippen MR) is 55.7 cm³/mol. The van der Waals surface area contributed by atoms with Crippen LogP contribution < -0.4 is 9.47 Å². The van der Waals surface area contributed by atoms with Crippen LogP contribution in [0.1, 0.15) is 24.8 Å². The number of carboxylic acid groups (broad SMARTS) is 1. The maximum Gasteiger partial charge on any atom is 0.314 e. The van der Waals surface area contributed by atoms with E-state index in [-0.39, 0.29) is 12.5 Å². The molecule has 0 amide bonds. The van der Waals surface area contributed by atoms with Crippen molar-refractivity contribution in [3.63, 3.8) is 0 Å². The molecule has 1 N–H and O–H groups in total. The lowest BCUT2D eigenvalue weighted by molar-refractivity contribution is -0.147. The highest BCUT2D eigenvalue weighted by atomic mass is 19.1. The normalized spacial score (nSPS) is 19.8. The second-order valence-corrected chi connectivity index (χ2v) is 4.43. The first-order valence-corrected chi connectivity index (χ1v) is 5.46. The molecular formula is C12H11FO4. The molecule has 4 nitrogen and oxygen atoms in total. The maximum absolute atomic E-state index is 13.7. The largest absolute Gasteiger partial charge is 0.481 e. The molecule has 1 aromatic carbocycles. The molecule has 0 atom stereocenters. The minimum absolute atomic E-state index is 0.0181. The average Bonchev–Trinajstić information content (AvgIpc) is 2.63. The van der Waals surface area contributed by atoms with Gasteiger partial charge in [-0.1, -0.05) is 6.42 Å². The molecule has 1 saturated carbocycles. The summed E-state index contributed by atoms with van der Waals surface area (Å²) in [5, 5.41) is 9.28. The van der Waals surface area contributed by atoms with E-state index >= 15 is 0 Å². The van der Waals surface area contributed by atoms with Crippen LogP contribution >= 0.6 is 0 Å². The third-order valence-corrected chi connectivity index (χ3v) is 3.60. The van der Waals surface area contributed by atoms with Crippen molar-refractivity contribution in [1.82, 2.24) is 0 Å². The first-order chi connectivity index (χ1) is 8.13. The molecule has 1 fully saturated rings. The van der Waals surface area contributed by atoms with Crippen molar-refractivity contribution in [3.05, 3.63) is 23.5 Å². The minimum atomic E-state index is -0.943. The number of ether oxygens (including phenoxy) is 2. The molecule has 0 radical (unpaired) electrons. The smallest absolute Gasteiger partial charge is 0.314 e. The van der Waals surface area contributed by atoms with Gasteiger partial charge in [-0.05, 0) is 30.5 Å². The second-order valence-electron chi connectivity index (χ2n) is 4.43. The second kappa shape index (κ2) is 3.35. The van der Waals surface area contributed by atoms with Gasteiger partial charge in [0, 0.05) is 0 Å². The summed E-state index contributed by atoms with van der Waals surface area (Å²) in [5.74, 6) is -1.08. The van der Waals surface area contributed by atoms with E-state index in [2.05, 4.69) is 0 Å². The quantitative estimate of drug-likeness (QED) is 0.856. The van der Waals surface area contributed by atoms with Crippen molar-refractivity contribution in [3.8, 4) is 11.5 Å². The van der Waals surface area contributed by atoms with Gasteiger partial charge in [-0.15, -0.1) is 0 Å². The van der Waals surface area contributed by atoms with Crippen LogP contribution in [0.4, 0.5) is 4.39 Å². The van der Waals surface area contributed by atoms with Gasteiger partial charge in [-0.3, -0.25) is 4.79 Å². The molecule has 1 aliphatic carbocycles. The number of carbonyl (C=O) groups is 1. The third kappa shape index (κ3) is 1.31. The van der Waals surface area contributed by atoms with E-state index in [0.29, 0.717) is 24.2 Å². The summed E-state index contributed by atoms with van der Waals surface area (Å²) in [6.07, 6.45) is 1.94. The molecule has 1 aromatic rings. The van der Waals surface area contributed by atoms with Crippen LogP contribution in [0.25, 0.3) is 0 Å². The van der Waals surface area contributed by atoms with E-state index in [9.17, 15) is 14.3 Å². The van der Waals surface area contributed by atoms with Crippen LogP contribution in [0.5, 0.6) is 11.5 Å². The van der Waals surface area contributed by atoms with Crippen LogP contribution in [-0.4, -0.2) is 17.9 Å². The van der Waals surface area contributed by atoms with Gasteiger partial charge in [-0.2, -0.15) is 0 Å². The highest BCUT2D eigenvalue weighted by Gasteiger charge is 2.47. The van der Waals surface area contributed by atoms with Gasteiger partial charge in [-0.25, -0.2) is 4.39 Å². The zero-order valence-electron chi connectivity index (χ0n) is 9.03. The lowest BCUT2D eigenvalue weighted by atomic mass is 9.64.